The quantitative estimate of drug-likeness (QED) is 0.659. The molecule has 15 heavy (non-hydrogen) atoms. The van der Waals surface area contributed by atoms with Crippen molar-refractivity contribution in [3.63, 3.8) is 0 Å². The minimum absolute atomic E-state index is 0.227. The summed E-state index contributed by atoms with van der Waals surface area (Å²) in [4.78, 5) is 0. The van der Waals surface area contributed by atoms with Gasteiger partial charge in [-0.2, -0.15) is 0 Å². The first-order valence-corrected chi connectivity index (χ1v) is 6.33. The van der Waals surface area contributed by atoms with Crippen molar-refractivity contribution in [3.05, 3.63) is 33.3 Å². The summed E-state index contributed by atoms with van der Waals surface area (Å²) in [5, 5.41) is 0. The van der Waals surface area contributed by atoms with Crippen LogP contribution in [0.1, 0.15) is 57.2 Å². The van der Waals surface area contributed by atoms with Crippen LogP contribution in [0.15, 0.2) is 16.6 Å². The van der Waals surface area contributed by atoms with Crippen molar-refractivity contribution in [3.8, 4) is 0 Å². The highest BCUT2D eigenvalue weighted by Crippen LogP contribution is 2.35. The molecule has 0 saturated heterocycles. The third-order valence-electron chi connectivity index (χ3n) is 2.70. The molecule has 0 unspecified atom stereocenters. The Labute approximate surface area is 102 Å². The van der Waals surface area contributed by atoms with Crippen molar-refractivity contribution < 1.29 is 0 Å². The summed E-state index contributed by atoms with van der Waals surface area (Å²) in [7, 11) is 0. The SMILES string of the molecule is Cc1cc(Br)cc(C(C)C)c1C(C)(C)C. The van der Waals surface area contributed by atoms with Crippen LogP contribution in [0.2, 0.25) is 0 Å². The monoisotopic (exact) mass is 268 g/mol. The Morgan fingerprint density at radius 3 is 2.07 bits per heavy atom. The molecule has 0 aliphatic heterocycles. The second kappa shape index (κ2) is 4.29. The summed E-state index contributed by atoms with van der Waals surface area (Å²) in [5.74, 6) is 0.579. The highest BCUT2D eigenvalue weighted by Gasteiger charge is 2.21. The average Bonchev–Trinajstić information content (AvgIpc) is 1.99. The van der Waals surface area contributed by atoms with Gasteiger partial charge in [-0.25, -0.2) is 0 Å². The van der Waals surface area contributed by atoms with Gasteiger partial charge in [0.05, 0.1) is 0 Å². The largest absolute Gasteiger partial charge is 0.0587 e. The Bertz CT molecular complexity index is 356. The Morgan fingerprint density at radius 1 is 1.13 bits per heavy atom. The molecular weight excluding hydrogens is 248 g/mol. The van der Waals surface area contributed by atoms with Gasteiger partial charge in [0.2, 0.25) is 0 Å². The Morgan fingerprint density at radius 2 is 1.67 bits per heavy atom. The lowest BCUT2D eigenvalue weighted by Crippen LogP contribution is -2.17. The highest BCUT2D eigenvalue weighted by molar-refractivity contribution is 9.10. The Balaban J connectivity index is 3.48. The predicted octanol–water partition coefficient (Wildman–Crippen LogP) is 5.18. The standard InChI is InChI=1S/C14H21Br/c1-9(2)12-8-11(15)7-10(3)13(12)14(4,5)6/h7-9H,1-6H3. The van der Waals surface area contributed by atoms with Crippen LogP contribution in [0.3, 0.4) is 0 Å². The van der Waals surface area contributed by atoms with E-state index in [1.54, 1.807) is 0 Å². The lowest BCUT2D eigenvalue weighted by atomic mass is 9.78. The Kier molecular flexibility index (Phi) is 3.65. The molecule has 0 aliphatic carbocycles. The molecule has 0 aliphatic rings. The molecule has 0 N–H and O–H groups in total. The van der Waals surface area contributed by atoms with Crippen molar-refractivity contribution >= 4 is 15.9 Å². The smallest absolute Gasteiger partial charge is 0.0180 e. The van der Waals surface area contributed by atoms with Crippen molar-refractivity contribution in [2.75, 3.05) is 0 Å². The van der Waals surface area contributed by atoms with E-state index in [2.05, 4.69) is 69.6 Å². The maximum atomic E-state index is 3.58. The zero-order chi connectivity index (χ0) is 11.8. The molecule has 84 valence electrons. The molecule has 1 rings (SSSR count). The number of halogens is 1. The van der Waals surface area contributed by atoms with E-state index in [1.165, 1.54) is 21.2 Å². The van der Waals surface area contributed by atoms with Gasteiger partial charge in [0, 0.05) is 4.47 Å². The number of benzene rings is 1. The molecular formula is C14H21Br. The summed E-state index contributed by atoms with van der Waals surface area (Å²) in [6.45, 7) is 13.6. The van der Waals surface area contributed by atoms with Crippen LogP contribution < -0.4 is 0 Å². The molecule has 0 radical (unpaired) electrons. The summed E-state index contributed by atoms with van der Waals surface area (Å²) in [6, 6.07) is 4.48. The van der Waals surface area contributed by atoms with Gasteiger partial charge in [0.15, 0.2) is 0 Å². The van der Waals surface area contributed by atoms with Crippen molar-refractivity contribution in [2.45, 2.75) is 52.9 Å². The third-order valence-corrected chi connectivity index (χ3v) is 3.16. The summed E-state index contributed by atoms with van der Waals surface area (Å²) in [5.41, 5.74) is 4.58. The molecule has 0 spiro atoms. The van der Waals surface area contributed by atoms with E-state index in [0.29, 0.717) is 5.92 Å². The van der Waals surface area contributed by atoms with Gasteiger partial charge in [0.25, 0.3) is 0 Å². The van der Waals surface area contributed by atoms with Crippen LogP contribution in [-0.4, -0.2) is 0 Å². The van der Waals surface area contributed by atoms with Crippen LogP contribution in [-0.2, 0) is 5.41 Å². The second-order valence-electron chi connectivity index (χ2n) is 5.59. The molecule has 1 heteroatoms. The Hall–Kier alpha value is -0.300. The molecule has 0 bridgehead atoms. The van der Waals surface area contributed by atoms with Crippen LogP contribution >= 0.6 is 15.9 Å². The first-order valence-electron chi connectivity index (χ1n) is 5.54. The lowest BCUT2D eigenvalue weighted by Gasteiger charge is -2.27. The molecule has 0 fully saturated rings. The summed E-state index contributed by atoms with van der Waals surface area (Å²) in [6.07, 6.45) is 0. The molecule has 0 atom stereocenters. The molecule has 0 amide bonds. The van der Waals surface area contributed by atoms with Crippen molar-refractivity contribution in [1.82, 2.24) is 0 Å². The fourth-order valence-corrected chi connectivity index (χ4v) is 2.84. The maximum absolute atomic E-state index is 3.58. The molecule has 0 saturated carbocycles. The van der Waals surface area contributed by atoms with E-state index in [-0.39, 0.29) is 5.41 Å². The minimum Gasteiger partial charge on any atom is -0.0587 e. The van der Waals surface area contributed by atoms with Gasteiger partial charge in [-0.1, -0.05) is 50.5 Å². The number of aryl methyl sites for hydroxylation is 1. The van der Waals surface area contributed by atoms with Crippen LogP contribution in [0.25, 0.3) is 0 Å². The number of hydrogen-bond donors (Lipinski definition) is 0. The van der Waals surface area contributed by atoms with Gasteiger partial charge in [-0.3, -0.25) is 0 Å². The van der Waals surface area contributed by atoms with E-state index < -0.39 is 0 Å². The minimum atomic E-state index is 0.227. The van der Waals surface area contributed by atoms with Crippen LogP contribution in [0.4, 0.5) is 0 Å². The highest BCUT2D eigenvalue weighted by atomic mass is 79.9. The topological polar surface area (TPSA) is 0 Å². The van der Waals surface area contributed by atoms with Gasteiger partial charge in [0.1, 0.15) is 0 Å². The maximum Gasteiger partial charge on any atom is 0.0180 e. The van der Waals surface area contributed by atoms with E-state index in [0.717, 1.165) is 0 Å². The lowest BCUT2D eigenvalue weighted by molar-refractivity contribution is 0.572. The first-order chi connectivity index (χ1) is 6.73. The van der Waals surface area contributed by atoms with Gasteiger partial charge in [-0.15, -0.1) is 0 Å². The molecule has 1 aromatic carbocycles. The van der Waals surface area contributed by atoms with E-state index >= 15 is 0 Å². The zero-order valence-electron chi connectivity index (χ0n) is 10.6. The molecule has 0 nitrogen and oxygen atoms in total. The predicted molar refractivity (Wildman–Crippen MR) is 71.7 cm³/mol. The van der Waals surface area contributed by atoms with Crippen LogP contribution in [0, 0.1) is 6.92 Å². The van der Waals surface area contributed by atoms with Gasteiger partial charge < -0.3 is 0 Å². The molecule has 0 heterocycles. The normalized spacial score (nSPS) is 12.3. The summed E-state index contributed by atoms with van der Waals surface area (Å²) < 4.78 is 1.19. The zero-order valence-corrected chi connectivity index (χ0v) is 12.2. The fourth-order valence-electron chi connectivity index (χ4n) is 2.25. The third kappa shape index (κ3) is 2.84. The second-order valence-corrected chi connectivity index (χ2v) is 6.51. The number of rotatable bonds is 1. The van der Waals surface area contributed by atoms with Gasteiger partial charge >= 0.3 is 0 Å². The van der Waals surface area contributed by atoms with E-state index in [1.807, 2.05) is 0 Å². The van der Waals surface area contributed by atoms with E-state index in [4.69, 9.17) is 0 Å². The average molecular weight is 269 g/mol. The summed E-state index contributed by atoms with van der Waals surface area (Å²) >= 11 is 3.58. The first kappa shape index (κ1) is 12.8. The fraction of sp³-hybridized carbons (Fsp3) is 0.571. The van der Waals surface area contributed by atoms with Crippen molar-refractivity contribution in [1.29, 1.82) is 0 Å². The van der Waals surface area contributed by atoms with Crippen molar-refractivity contribution in [2.24, 2.45) is 0 Å². The van der Waals surface area contributed by atoms with Gasteiger partial charge in [-0.05, 0) is 47.1 Å². The number of hydrogen-bond acceptors (Lipinski definition) is 0. The molecule has 0 aromatic heterocycles. The van der Waals surface area contributed by atoms with E-state index in [9.17, 15) is 0 Å². The molecule has 1 aromatic rings. The van der Waals surface area contributed by atoms with Crippen LogP contribution in [0.5, 0.6) is 0 Å².